The van der Waals surface area contributed by atoms with Gasteiger partial charge >= 0.3 is 5.97 Å². The lowest BCUT2D eigenvalue weighted by Gasteiger charge is -2.28. The molecular formula is C29H40N2O5. The summed E-state index contributed by atoms with van der Waals surface area (Å²) in [4.78, 5) is 39.6. The number of carbonyl (C=O) groups is 3. The first-order valence-electron chi connectivity index (χ1n) is 13.0. The molecule has 0 bridgehead atoms. The van der Waals surface area contributed by atoms with Gasteiger partial charge in [-0.1, -0.05) is 87.4 Å². The molecule has 36 heavy (non-hydrogen) atoms. The van der Waals surface area contributed by atoms with E-state index in [-0.39, 0.29) is 25.0 Å². The molecule has 0 aliphatic rings. The highest BCUT2D eigenvalue weighted by molar-refractivity contribution is 6.00. The summed E-state index contributed by atoms with van der Waals surface area (Å²) in [7, 11) is 0. The molecule has 4 N–H and O–H groups in total. The van der Waals surface area contributed by atoms with Crippen molar-refractivity contribution in [2.45, 2.75) is 83.1 Å². The predicted octanol–water partition coefficient (Wildman–Crippen LogP) is 4.85. The zero-order chi connectivity index (χ0) is 26.2. The highest BCUT2D eigenvalue weighted by Gasteiger charge is 2.34. The summed E-state index contributed by atoms with van der Waals surface area (Å²) in [5, 5.41) is 19.5. The molecule has 0 aliphatic carbocycles. The second kappa shape index (κ2) is 16.5. The summed E-state index contributed by atoms with van der Waals surface area (Å²) in [5.41, 5.74) is 6.86. The third-order valence-electron chi connectivity index (χ3n) is 6.29. The van der Waals surface area contributed by atoms with E-state index in [0.29, 0.717) is 12.0 Å². The van der Waals surface area contributed by atoms with Crippen LogP contribution in [0.5, 0.6) is 5.75 Å². The number of hydrogen-bond donors (Lipinski definition) is 3. The van der Waals surface area contributed by atoms with Crippen LogP contribution in [0.4, 0.5) is 0 Å². The van der Waals surface area contributed by atoms with Crippen molar-refractivity contribution in [1.29, 1.82) is 0 Å². The number of imide groups is 1. The Morgan fingerprint density at radius 2 is 1.28 bits per heavy atom. The molecule has 0 heterocycles. The van der Waals surface area contributed by atoms with Gasteiger partial charge in [-0.3, -0.25) is 14.5 Å². The molecule has 2 aromatic carbocycles. The molecule has 0 fully saturated rings. The zero-order valence-corrected chi connectivity index (χ0v) is 21.1. The number of carboxylic acids is 1. The minimum atomic E-state index is -1.31. The largest absolute Gasteiger partial charge is 0.508 e. The fourth-order valence-electron chi connectivity index (χ4n) is 4.27. The van der Waals surface area contributed by atoms with Gasteiger partial charge in [0.15, 0.2) is 0 Å². The molecular weight excluding hydrogens is 456 g/mol. The average Bonchev–Trinajstić information content (AvgIpc) is 2.86. The van der Waals surface area contributed by atoms with E-state index in [4.69, 9.17) is 5.73 Å². The lowest BCUT2D eigenvalue weighted by atomic mass is 10.0. The van der Waals surface area contributed by atoms with Gasteiger partial charge in [-0.2, -0.15) is 0 Å². The van der Waals surface area contributed by atoms with Gasteiger partial charge < -0.3 is 15.9 Å². The maximum atomic E-state index is 13.2. The molecule has 0 radical (unpaired) electrons. The first-order valence-corrected chi connectivity index (χ1v) is 13.0. The Labute approximate surface area is 214 Å². The second-order valence-electron chi connectivity index (χ2n) is 9.27. The van der Waals surface area contributed by atoms with Gasteiger partial charge in [-0.05, 0) is 42.6 Å². The third kappa shape index (κ3) is 10.6. The van der Waals surface area contributed by atoms with E-state index in [9.17, 15) is 24.6 Å². The number of phenols is 1. The van der Waals surface area contributed by atoms with Gasteiger partial charge in [0.2, 0.25) is 11.8 Å². The number of unbranched alkanes of at least 4 members (excludes halogenated alkanes) is 8. The van der Waals surface area contributed by atoms with Gasteiger partial charge in [-0.25, -0.2) is 4.79 Å². The quantitative estimate of drug-likeness (QED) is 0.269. The van der Waals surface area contributed by atoms with Crippen molar-refractivity contribution in [2.24, 2.45) is 5.73 Å². The Bertz CT molecular complexity index is 930. The summed E-state index contributed by atoms with van der Waals surface area (Å²) in [6, 6.07) is 13.8. The van der Waals surface area contributed by atoms with Crippen LogP contribution >= 0.6 is 0 Å². The number of amides is 2. The molecule has 0 saturated carbocycles. The number of hydrogen-bond acceptors (Lipinski definition) is 5. The SMILES string of the molecule is NCCCCCCCCCCCC(=O)N(C(=O)Cc1ccccc1)C(Cc1ccc(O)cc1)C(=O)O. The first kappa shape index (κ1) is 29.0. The van der Waals surface area contributed by atoms with Crippen molar-refractivity contribution < 1.29 is 24.6 Å². The van der Waals surface area contributed by atoms with Crippen molar-refractivity contribution >= 4 is 17.8 Å². The smallest absolute Gasteiger partial charge is 0.327 e. The standard InChI is InChI=1S/C29H40N2O5/c30-20-12-7-5-3-1-2-4-6-11-15-27(33)31(28(34)22-23-13-9-8-10-14-23)26(29(35)36)21-24-16-18-25(32)19-17-24/h8-10,13-14,16-19,26,32H,1-7,11-12,15,20-22,30H2,(H,35,36). The van der Waals surface area contributed by atoms with Crippen LogP contribution in [0.2, 0.25) is 0 Å². The highest BCUT2D eigenvalue weighted by Crippen LogP contribution is 2.18. The molecule has 2 amide bonds. The first-order chi connectivity index (χ1) is 17.4. The van der Waals surface area contributed by atoms with Gasteiger partial charge in [0, 0.05) is 12.8 Å². The molecule has 7 nitrogen and oxygen atoms in total. The van der Waals surface area contributed by atoms with Crippen LogP contribution in [-0.2, 0) is 27.2 Å². The molecule has 2 aromatic rings. The summed E-state index contributed by atoms with van der Waals surface area (Å²) < 4.78 is 0. The van der Waals surface area contributed by atoms with E-state index in [1.165, 1.54) is 31.4 Å². The van der Waals surface area contributed by atoms with E-state index < -0.39 is 23.8 Å². The maximum Gasteiger partial charge on any atom is 0.327 e. The lowest BCUT2D eigenvalue weighted by Crippen LogP contribution is -2.50. The summed E-state index contributed by atoms with van der Waals surface area (Å²) in [6.45, 7) is 0.747. The number of benzene rings is 2. The molecule has 0 aromatic heterocycles. The van der Waals surface area contributed by atoms with E-state index in [1.807, 2.05) is 6.07 Å². The van der Waals surface area contributed by atoms with E-state index in [2.05, 4.69) is 0 Å². The van der Waals surface area contributed by atoms with Crippen molar-refractivity contribution in [3.8, 4) is 5.75 Å². The van der Waals surface area contributed by atoms with Crippen molar-refractivity contribution in [1.82, 2.24) is 4.90 Å². The molecule has 2 rings (SSSR count). The van der Waals surface area contributed by atoms with Gasteiger partial charge in [0.05, 0.1) is 6.42 Å². The molecule has 1 unspecified atom stereocenters. The number of carboxylic acid groups (broad SMARTS) is 1. The van der Waals surface area contributed by atoms with E-state index in [1.54, 1.807) is 36.4 Å². The van der Waals surface area contributed by atoms with Gasteiger partial charge in [0.1, 0.15) is 11.8 Å². The van der Waals surface area contributed by atoms with E-state index >= 15 is 0 Å². The number of nitrogens with zero attached hydrogens (tertiary/aromatic N) is 1. The van der Waals surface area contributed by atoms with Crippen molar-refractivity contribution in [3.05, 3.63) is 65.7 Å². The third-order valence-corrected chi connectivity index (χ3v) is 6.29. The maximum absolute atomic E-state index is 13.2. The fraction of sp³-hybridized carbons (Fsp3) is 0.483. The Kier molecular flexibility index (Phi) is 13.3. The minimum absolute atomic E-state index is 0.0218. The van der Waals surface area contributed by atoms with Crippen molar-refractivity contribution in [3.63, 3.8) is 0 Å². The Morgan fingerprint density at radius 1 is 0.722 bits per heavy atom. The van der Waals surface area contributed by atoms with Crippen LogP contribution in [0.3, 0.4) is 0 Å². The molecule has 7 heteroatoms. The van der Waals surface area contributed by atoms with Gasteiger partial charge in [-0.15, -0.1) is 0 Å². The van der Waals surface area contributed by atoms with Gasteiger partial charge in [0.25, 0.3) is 0 Å². The van der Waals surface area contributed by atoms with Crippen LogP contribution < -0.4 is 5.73 Å². The summed E-state index contributed by atoms with van der Waals surface area (Å²) in [5.74, 6) is -2.14. The monoisotopic (exact) mass is 496 g/mol. The number of carbonyl (C=O) groups excluding carboxylic acids is 2. The Balaban J connectivity index is 1.99. The summed E-state index contributed by atoms with van der Waals surface area (Å²) in [6.07, 6.45) is 9.47. The lowest BCUT2D eigenvalue weighted by molar-refractivity contribution is -0.158. The number of aliphatic carboxylic acids is 1. The topological polar surface area (TPSA) is 121 Å². The molecule has 0 spiro atoms. The number of nitrogens with two attached hydrogens (primary N) is 1. The van der Waals surface area contributed by atoms with Crippen LogP contribution in [0.15, 0.2) is 54.6 Å². The van der Waals surface area contributed by atoms with Crippen molar-refractivity contribution in [2.75, 3.05) is 6.54 Å². The number of rotatable bonds is 17. The molecule has 0 aliphatic heterocycles. The molecule has 1 atom stereocenters. The Hall–Kier alpha value is -3.19. The summed E-state index contributed by atoms with van der Waals surface area (Å²) >= 11 is 0. The van der Waals surface area contributed by atoms with Crippen LogP contribution in [0.25, 0.3) is 0 Å². The average molecular weight is 497 g/mol. The zero-order valence-electron chi connectivity index (χ0n) is 21.1. The second-order valence-corrected chi connectivity index (χ2v) is 9.27. The highest BCUT2D eigenvalue weighted by atomic mass is 16.4. The number of aromatic hydroxyl groups is 1. The Morgan fingerprint density at radius 3 is 1.83 bits per heavy atom. The molecule has 0 saturated heterocycles. The fourth-order valence-corrected chi connectivity index (χ4v) is 4.27. The minimum Gasteiger partial charge on any atom is -0.508 e. The number of phenolic OH excluding ortho intramolecular Hbond substituents is 1. The predicted molar refractivity (Wildman–Crippen MR) is 140 cm³/mol. The normalized spacial score (nSPS) is 11.7. The van der Waals surface area contributed by atoms with Crippen LogP contribution in [-0.4, -0.2) is 45.5 Å². The van der Waals surface area contributed by atoms with Crippen LogP contribution in [0.1, 0.15) is 75.3 Å². The van der Waals surface area contributed by atoms with E-state index in [0.717, 1.165) is 49.1 Å². The molecule has 196 valence electrons. The van der Waals surface area contributed by atoms with Crippen LogP contribution in [0, 0.1) is 0 Å².